The lowest BCUT2D eigenvalue weighted by atomic mass is 9.95. The zero-order valence-electron chi connectivity index (χ0n) is 19.0. The first-order valence-electron chi connectivity index (χ1n) is 10.6. The SMILES string of the molecule is COc1ccc(/C(O)=C2/C(=O)C(=O)N(Cc3cccnc3)C2c2ccc(N(C)C)cc2)cc1F. The third-order valence-corrected chi connectivity index (χ3v) is 5.77. The number of rotatable bonds is 6. The van der Waals surface area contributed by atoms with Crippen LogP contribution >= 0.6 is 0 Å². The normalized spacial score (nSPS) is 17.2. The molecule has 2 aromatic carbocycles. The standard InChI is InChI=1S/C26H24FN3O4/c1-29(2)19-9-6-17(7-10-19)23-22(24(31)18-8-11-21(34-3)20(27)13-18)25(32)26(33)30(23)15-16-5-4-12-28-14-16/h4-14,23,31H,15H2,1-3H3/b24-22-. The Morgan fingerprint density at radius 1 is 1.15 bits per heavy atom. The Morgan fingerprint density at radius 3 is 2.47 bits per heavy atom. The van der Waals surface area contributed by atoms with E-state index in [1.165, 1.54) is 24.1 Å². The first kappa shape index (κ1) is 23.0. The predicted octanol–water partition coefficient (Wildman–Crippen LogP) is 3.92. The molecule has 1 aliphatic rings. The Morgan fingerprint density at radius 2 is 1.88 bits per heavy atom. The van der Waals surface area contributed by atoms with Crippen LogP contribution in [0.1, 0.15) is 22.7 Å². The third kappa shape index (κ3) is 4.22. The van der Waals surface area contributed by atoms with Crippen LogP contribution in [0.15, 0.2) is 72.6 Å². The fourth-order valence-electron chi connectivity index (χ4n) is 4.00. The van der Waals surface area contributed by atoms with Gasteiger partial charge in [-0.1, -0.05) is 18.2 Å². The van der Waals surface area contributed by atoms with Crippen LogP contribution in [0.5, 0.6) is 5.75 Å². The zero-order chi connectivity index (χ0) is 24.4. The van der Waals surface area contributed by atoms with Crippen molar-refractivity contribution in [2.45, 2.75) is 12.6 Å². The summed E-state index contributed by atoms with van der Waals surface area (Å²) in [5.41, 5.74) is 2.29. The van der Waals surface area contributed by atoms with Crippen LogP contribution in [0.25, 0.3) is 5.76 Å². The molecule has 1 saturated heterocycles. The number of benzene rings is 2. The van der Waals surface area contributed by atoms with Gasteiger partial charge >= 0.3 is 0 Å². The molecular weight excluding hydrogens is 437 g/mol. The van der Waals surface area contributed by atoms with Gasteiger partial charge in [-0.2, -0.15) is 0 Å². The molecule has 0 saturated carbocycles. The molecule has 1 amide bonds. The lowest BCUT2D eigenvalue weighted by molar-refractivity contribution is -0.140. The lowest BCUT2D eigenvalue weighted by Gasteiger charge is -2.26. The van der Waals surface area contributed by atoms with Crippen molar-refractivity contribution in [2.75, 3.05) is 26.1 Å². The number of carbonyl (C=O) groups excluding carboxylic acids is 2. The number of hydrogen-bond donors (Lipinski definition) is 1. The Kier molecular flexibility index (Phi) is 6.32. The van der Waals surface area contributed by atoms with Crippen molar-refractivity contribution in [1.82, 2.24) is 9.88 Å². The number of nitrogens with zero attached hydrogens (tertiary/aromatic N) is 3. The monoisotopic (exact) mass is 461 g/mol. The van der Waals surface area contributed by atoms with Crippen molar-refractivity contribution in [3.05, 3.63) is 95.1 Å². The minimum atomic E-state index is -0.860. The van der Waals surface area contributed by atoms with Gasteiger partial charge in [-0.05, 0) is 47.5 Å². The van der Waals surface area contributed by atoms with E-state index in [0.29, 0.717) is 5.56 Å². The molecule has 2 heterocycles. The summed E-state index contributed by atoms with van der Waals surface area (Å²) in [6.45, 7) is 0.117. The fraction of sp³-hybridized carbons (Fsp3) is 0.192. The van der Waals surface area contributed by atoms with Gasteiger partial charge in [0.1, 0.15) is 5.76 Å². The lowest BCUT2D eigenvalue weighted by Crippen LogP contribution is -2.29. The van der Waals surface area contributed by atoms with Crippen LogP contribution in [0.2, 0.25) is 0 Å². The first-order valence-corrected chi connectivity index (χ1v) is 10.6. The van der Waals surface area contributed by atoms with Gasteiger partial charge in [0.2, 0.25) is 0 Å². The number of Topliss-reactive ketones (excluding diaryl/α,β-unsaturated/α-hetero) is 1. The van der Waals surface area contributed by atoms with Crippen molar-refractivity contribution in [3.63, 3.8) is 0 Å². The number of methoxy groups -OCH3 is 1. The molecule has 7 nitrogen and oxygen atoms in total. The van der Waals surface area contributed by atoms with Crippen LogP contribution in [-0.4, -0.2) is 47.9 Å². The Bertz CT molecular complexity index is 1260. The highest BCUT2D eigenvalue weighted by molar-refractivity contribution is 6.46. The number of anilines is 1. The summed E-state index contributed by atoms with van der Waals surface area (Å²) in [6.07, 6.45) is 3.23. The number of aliphatic hydroxyl groups is 1. The van der Waals surface area contributed by atoms with E-state index >= 15 is 0 Å². The van der Waals surface area contributed by atoms with Crippen molar-refractivity contribution in [3.8, 4) is 5.75 Å². The molecule has 1 fully saturated rings. The van der Waals surface area contributed by atoms with E-state index in [4.69, 9.17) is 4.74 Å². The second kappa shape index (κ2) is 9.35. The summed E-state index contributed by atoms with van der Waals surface area (Å²) in [6, 6.07) is 13.9. The van der Waals surface area contributed by atoms with E-state index in [9.17, 15) is 19.1 Å². The molecule has 34 heavy (non-hydrogen) atoms. The quantitative estimate of drug-likeness (QED) is 0.340. The molecule has 1 aliphatic heterocycles. The first-order chi connectivity index (χ1) is 16.3. The third-order valence-electron chi connectivity index (χ3n) is 5.77. The van der Waals surface area contributed by atoms with Gasteiger partial charge in [0.05, 0.1) is 18.7 Å². The average Bonchev–Trinajstić information content (AvgIpc) is 3.09. The van der Waals surface area contributed by atoms with Crippen molar-refractivity contribution in [1.29, 1.82) is 0 Å². The van der Waals surface area contributed by atoms with E-state index in [2.05, 4.69) is 4.98 Å². The van der Waals surface area contributed by atoms with Crippen molar-refractivity contribution in [2.24, 2.45) is 0 Å². The number of hydrogen-bond acceptors (Lipinski definition) is 6. The number of halogens is 1. The van der Waals surface area contributed by atoms with Crippen LogP contribution < -0.4 is 9.64 Å². The minimum Gasteiger partial charge on any atom is -0.507 e. The van der Waals surface area contributed by atoms with Gasteiger partial charge in [-0.3, -0.25) is 14.6 Å². The second-order valence-corrected chi connectivity index (χ2v) is 8.12. The average molecular weight is 461 g/mol. The maximum atomic E-state index is 14.3. The minimum absolute atomic E-state index is 0.00408. The highest BCUT2D eigenvalue weighted by Crippen LogP contribution is 2.41. The topological polar surface area (TPSA) is 83.0 Å². The molecule has 1 atom stereocenters. The van der Waals surface area contributed by atoms with Gasteiger partial charge in [-0.15, -0.1) is 0 Å². The van der Waals surface area contributed by atoms with E-state index in [-0.39, 0.29) is 23.4 Å². The summed E-state index contributed by atoms with van der Waals surface area (Å²) in [5, 5.41) is 11.1. The molecular formula is C26H24FN3O4. The molecule has 1 aromatic heterocycles. The van der Waals surface area contributed by atoms with Crippen LogP contribution in [0.3, 0.4) is 0 Å². The Labute approximate surface area is 196 Å². The molecule has 1 N–H and O–H groups in total. The number of aromatic nitrogens is 1. The molecule has 1 unspecified atom stereocenters. The predicted molar refractivity (Wildman–Crippen MR) is 126 cm³/mol. The van der Waals surface area contributed by atoms with Gasteiger partial charge in [0.25, 0.3) is 11.7 Å². The van der Waals surface area contributed by atoms with Crippen molar-refractivity contribution >= 4 is 23.1 Å². The number of pyridine rings is 1. The summed E-state index contributed by atoms with van der Waals surface area (Å²) in [4.78, 5) is 33.6. The highest BCUT2D eigenvalue weighted by atomic mass is 19.1. The second-order valence-electron chi connectivity index (χ2n) is 8.12. The Balaban J connectivity index is 1.85. The number of aliphatic hydroxyl groups excluding tert-OH is 1. The fourth-order valence-corrected chi connectivity index (χ4v) is 4.00. The van der Waals surface area contributed by atoms with Crippen molar-refractivity contribution < 1.29 is 23.8 Å². The molecule has 8 heteroatoms. The maximum Gasteiger partial charge on any atom is 0.295 e. The molecule has 174 valence electrons. The van der Waals surface area contributed by atoms with Gasteiger partial charge in [0.15, 0.2) is 11.6 Å². The number of likely N-dealkylation sites (tertiary alicyclic amines) is 1. The number of ether oxygens (including phenoxy) is 1. The number of ketones is 1. The molecule has 0 bridgehead atoms. The number of carbonyl (C=O) groups is 2. The molecule has 3 aromatic rings. The highest BCUT2D eigenvalue weighted by Gasteiger charge is 2.46. The van der Waals surface area contributed by atoms with Crippen LogP contribution in [-0.2, 0) is 16.1 Å². The van der Waals surface area contributed by atoms with E-state index in [1.54, 1.807) is 24.5 Å². The summed E-state index contributed by atoms with van der Waals surface area (Å²) >= 11 is 0. The van der Waals surface area contributed by atoms with E-state index < -0.39 is 29.3 Å². The zero-order valence-corrected chi connectivity index (χ0v) is 19.0. The van der Waals surface area contributed by atoms with E-state index in [1.807, 2.05) is 43.3 Å². The number of amides is 1. The van der Waals surface area contributed by atoms with E-state index in [0.717, 1.165) is 17.3 Å². The summed E-state index contributed by atoms with van der Waals surface area (Å²) < 4.78 is 19.3. The summed E-state index contributed by atoms with van der Waals surface area (Å²) in [5.74, 6) is -2.72. The van der Waals surface area contributed by atoms with Crippen LogP contribution in [0, 0.1) is 5.82 Å². The summed E-state index contributed by atoms with van der Waals surface area (Å²) in [7, 11) is 5.14. The van der Waals surface area contributed by atoms with Gasteiger partial charge < -0.3 is 19.6 Å². The maximum absolute atomic E-state index is 14.3. The smallest absolute Gasteiger partial charge is 0.295 e. The van der Waals surface area contributed by atoms with Gasteiger partial charge in [0, 0.05) is 44.3 Å². The Hall–Kier alpha value is -4.20. The molecule has 0 aliphatic carbocycles. The van der Waals surface area contributed by atoms with Crippen LogP contribution in [0.4, 0.5) is 10.1 Å². The molecule has 0 spiro atoms. The largest absolute Gasteiger partial charge is 0.507 e. The molecule has 0 radical (unpaired) electrons. The van der Waals surface area contributed by atoms with Gasteiger partial charge in [-0.25, -0.2) is 4.39 Å². The molecule has 4 rings (SSSR count).